The van der Waals surface area contributed by atoms with Crippen molar-refractivity contribution in [2.75, 3.05) is 0 Å². The fourth-order valence-electron chi connectivity index (χ4n) is 9.29. The summed E-state index contributed by atoms with van der Waals surface area (Å²) < 4.78 is 0. The fraction of sp³-hybridized carbons (Fsp3) is 0.758. The van der Waals surface area contributed by atoms with Crippen molar-refractivity contribution in [3.8, 4) is 0 Å². The van der Waals surface area contributed by atoms with E-state index in [9.17, 15) is 29.4 Å². The van der Waals surface area contributed by atoms with Gasteiger partial charge in [-0.2, -0.15) is 0 Å². The van der Waals surface area contributed by atoms with Crippen LogP contribution in [-0.4, -0.2) is 65.9 Å². The highest BCUT2D eigenvalue weighted by Gasteiger charge is 2.63. The topological polar surface area (TPSA) is 115 Å². The maximum atomic E-state index is 13.1. The Labute approximate surface area is 247 Å². The SMILES string of the molecule is C=CC(=O)N1C(C)(C)CC(C(CC(=O)O)C(C)(C2CC(C)(C)N(C(=O)C=C)C(C)(C)C2)C(C)(C)C(=O)O)CC1(C)C. The normalized spacial score (nSPS) is 24.6. The number of carboxylic acid groups (broad SMARTS) is 2. The highest BCUT2D eigenvalue weighted by molar-refractivity contribution is 5.89. The Morgan fingerprint density at radius 3 is 1.39 bits per heavy atom. The summed E-state index contributed by atoms with van der Waals surface area (Å²) in [4.78, 5) is 55.4. The van der Waals surface area contributed by atoms with Gasteiger partial charge < -0.3 is 20.0 Å². The summed E-state index contributed by atoms with van der Waals surface area (Å²) in [5.41, 5.74) is -4.74. The second kappa shape index (κ2) is 10.9. The molecule has 0 bridgehead atoms. The Balaban J connectivity index is 2.83. The van der Waals surface area contributed by atoms with Crippen LogP contribution in [0.2, 0.25) is 0 Å². The molecule has 2 heterocycles. The van der Waals surface area contributed by atoms with Crippen LogP contribution in [0.1, 0.15) is 108 Å². The summed E-state index contributed by atoms with van der Waals surface area (Å²) in [7, 11) is 0. The average Bonchev–Trinajstić information content (AvgIpc) is 2.77. The highest BCUT2D eigenvalue weighted by Crippen LogP contribution is 2.62. The lowest BCUT2D eigenvalue weighted by Crippen LogP contribution is -2.68. The molecular weight excluding hydrogens is 520 g/mol. The molecule has 2 saturated heterocycles. The molecule has 2 aliphatic rings. The summed E-state index contributed by atoms with van der Waals surface area (Å²) in [6.07, 6.45) is 4.53. The van der Waals surface area contributed by atoms with E-state index < -0.39 is 50.8 Å². The number of aliphatic carboxylic acids is 2. The first-order valence-corrected chi connectivity index (χ1v) is 14.7. The molecule has 2 atom stereocenters. The van der Waals surface area contributed by atoms with E-state index in [4.69, 9.17) is 0 Å². The zero-order chi connectivity index (χ0) is 32.1. The number of piperidine rings is 2. The molecule has 0 radical (unpaired) electrons. The second-order valence-corrected chi connectivity index (χ2v) is 15.7. The smallest absolute Gasteiger partial charge is 0.309 e. The highest BCUT2D eigenvalue weighted by atomic mass is 16.4. The third-order valence-electron chi connectivity index (χ3n) is 10.7. The number of rotatable bonds is 9. The number of carboxylic acids is 2. The van der Waals surface area contributed by atoms with E-state index >= 15 is 0 Å². The Kier molecular flexibility index (Phi) is 9.18. The third-order valence-corrected chi connectivity index (χ3v) is 10.7. The Morgan fingerprint density at radius 2 is 1.10 bits per heavy atom. The van der Waals surface area contributed by atoms with Crippen LogP contribution < -0.4 is 0 Å². The summed E-state index contributed by atoms with van der Waals surface area (Å²) in [6, 6.07) is 0. The zero-order valence-corrected chi connectivity index (χ0v) is 27.3. The first-order valence-electron chi connectivity index (χ1n) is 14.7. The van der Waals surface area contributed by atoms with Crippen molar-refractivity contribution in [2.24, 2.45) is 28.6 Å². The lowest BCUT2D eigenvalue weighted by molar-refractivity contribution is -0.188. The van der Waals surface area contributed by atoms with E-state index in [0.29, 0.717) is 25.7 Å². The largest absolute Gasteiger partial charge is 0.481 e. The number of carbonyl (C=O) groups is 4. The standard InChI is InChI=1S/C33H54N2O6/c1-14-24(36)34-28(3,4)17-21(18-29(34,5)6)23(16-26(38)39)33(13,32(11,12)27(40)41)22-19-30(7,8)35(25(37)15-2)31(9,10)20-22/h14-15,21-23H,1-2,16-20H2,3-13H3,(H,38,39)(H,40,41). The van der Waals surface area contributed by atoms with Gasteiger partial charge in [0.1, 0.15) is 0 Å². The third kappa shape index (κ3) is 5.98. The maximum Gasteiger partial charge on any atom is 0.309 e. The molecule has 2 fully saturated rings. The molecule has 0 aromatic rings. The molecule has 8 heteroatoms. The Hall–Kier alpha value is -2.64. The van der Waals surface area contributed by atoms with Crippen molar-refractivity contribution >= 4 is 23.8 Å². The predicted octanol–water partition coefficient (Wildman–Crippen LogP) is 6.16. The monoisotopic (exact) mass is 574 g/mol. The van der Waals surface area contributed by atoms with Gasteiger partial charge >= 0.3 is 11.9 Å². The summed E-state index contributed by atoms with van der Waals surface area (Å²) in [6.45, 7) is 28.8. The van der Waals surface area contributed by atoms with Crippen LogP contribution in [0.15, 0.2) is 25.3 Å². The second-order valence-electron chi connectivity index (χ2n) is 15.7. The van der Waals surface area contributed by atoms with Crippen molar-refractivity contribution in [1.82, 2.24) is 9.80 Å². The first kappa shape index (κ1) is 34.6. The van der Waals surface area contributed by atoms with Crippen molar-refractivity contribution in [2.45, 2.75) is 130 Å². The lowest BCUT2D eigenvalue weighted by Gasteiger charge is -2.64. The van der Waals surface area contributed by atoms with Gasteiger partial charge in [-0.15, -0.1) is 0 Å². The summed E-state index contributed by atoms with van der Waals surface area (Å²) in [5, 5.41) is 21.0. The number of carbonyl (C=O) groups excluding carboxylic acids is 2. The quantitative estimate of drug-likeness (QED) is 0.319. The van der Waals surface area contributed by atoms with Crippen LogP contribution in [0.25, 0.3) is 0 Å². The van der Waals surface area contributed by atoms with E-state index in [1.165, 1.54) is 12.2 Å². The molecule has 0 saturated carbocycles. The van der Waals surface area contributed by atoms with Crippen LogP contribution in [0, 0.1) is 28.6 Å². The van der Waals surface area contributed by atoms with Gasteiger partial charge in [0.2, 0.25) is 11.8 Å². The van der Waals surface area contributed by atoms with E-state index in [1.54, 1.807) is 13.8 Å². The van der Waals surface area contributed by atoms with Gasteiger partial charge in [-0.1, -0.05) is 20.1 Å². The van der Waals surface area contributed by atoms with Crippen molar-refractivity contribution < 1.29 is 29.4 Å². The molecule has 8 nitrogen and oxygen atoms in total. The molecular formula is C33H54N2O6. The van der Waals surface area contributed by atoms with E-state index in [-0.39, 0.29) is 30.1 Å². The zero-order valence-electron chi connectivity index (χ0n) is 27.3. The number of amides is 2. The first-order chi connectivity index (χ1) is 18.3. The molecule has 0 aliphatic carbocycles. The van der Waals surface area contributed by atoms with Crippen LogP contribution >= 0.6 is 0 Å². The summed E-state index contributed by atoms with van der Waals surface area (Å²) in [5.74, 6) is -3.20. The fourth-order valence-corrected chi connectivity index (χ4v) is 9.29. The minimum atomic E-state index is -1.29. The molecule has 232 valence electrons. The Bertz CT molecular complexity index is 1070. The van der Waals surface area contributed by atoms with Gasteiger partial charge in [0.05, 0.1) is 5.41 Å². The molecule has 0 aromatic carbocycles. The number of nitrogens with zero attached hydrogens (tertiary/aromatic N) is 2. The molecule has 0 aromatic heterocycles. The van der Waals surface area contributed by atoms with Crippen molar-refractivity contribution in [3.63, 3.8) is 0 Å². The molecule has 41 heavy (non-hydrogen) atoms. The van der Waals surface area contributed by atoms with Gasteiger partial charge in [0.25, 0.3) is 0 Å². The number of hydrogen-bond donors (Lipinski definition) is 2. The van der Waals surface area contributed by atoms with Gasteiger partial charge in [-0.05, 0) is 130 Å². The van der Waals surface area contributed by atoms with E-state index in [1.807, 2.05) is 72.1 Å². The lowest BCUT2D eigenvalue weighted by atomic mass is 9.46. The Morgan fingerprint density at radius 1 is 0.756 bits per heavy atom. The van der Waals surface area contributed by atoms with Crippen molar-refractivity contribution in [1.29, 1.82) is 0 Å². The van der Waals surface area contributed by atoms with Gasteiger partial charge in [0.15, 0.2) is 0 Å². The molecule has 2 rings (SSSR count). The minimum Gasteiger partial charge on any atom is -0.481 e. The molecule has 2 aliphatic heterocycles. The van der Waals surface area contributed by atoms with E-state index in [2.05, 4.69) is 13.2 Å². The van der Waals surface area contributed by atoms with Crippen LogP contribution in [0.3, 0.4) is 0 Å². The molecule has 2 amide bonds. The number of hydrogen-bond acceptors (Lipinski definition) is 4. The number of likely N-dealkylation sites (tertiary alicyclic amines) is 2. The van der Waals surface area contributed by atoms with Crippen LogP contribution in [0.5, 0.6) is 0 Å². The minimum absolute atomic E-state index is 0.173. The summed E-state index contributed by atoms with van der Waals surface area (Å²) >= 11 is 0. The van der Waals surface area contributed by atoms with Gasteiger partial charge in [-0.3, -0.25) is 19.2 Å². The maximum absolute atomic E-state index is 13.1. The van der Waals surface area contributed by atoms with Gasteiger partial charge in [0, 0.05) is 28.6 Å². The van der Waals surface area contributed by atoms with Crippen molar-refractivity contribution in [3.05, 3.63) is 25.3 Å². The van der Waals surface area contributed by atoms with Crippen LogP contribution in [-0.2, 0) is 19.2 Å². The molecule has 0 spiro atoms. The molecule has 2 N–H and O–H groups in total. The molecule has 2 unspecified atom stereocenters. The van der Waals surface area contributed by atoms with E-state index in [0.717, 1.165) is 0 Å². The van der Waals surface area contributed by atoms with Crippen LogP contribution in [0.4, 0.5) is 0 Å². The average molecular weight is 575 g/mol. The predicted molar refractivity (Wildman–Crippen MR) is 161 cm³/mol. The van der Waals surface area contributed by atoms with Gasteiger partial charge in [-0.25, -0.2) is 0 Å².